The van der Waals surface area contributed by atoms with Crippen LogP contribution in [0.5, 0.6) is 5.75 Å². The lowest BCUT2D eigenvalue weighted by molar-refractivity contribution is 0.305. The molecule has 0 aromatic heterocycles. The normalized spacial score (nSPS) is 9.79. The second-order valence-corrected chi connectivity index (χ2v) is 3.32. The van der Waals surface area contributed by atoms with Crippen LogP contribution in [0, 0.1) is 13.0 Å². The number of allylic oxidation sites excluding steroid dienone is 1. The highest BCUT2D eigenvalue weighted by Crippen LogP contribution is 2.16. The van der Waals surface area contributed by atoms with Gasteiger partial charge in [0.1, 0.15) is 5.75 Å². The molecule has 0 saturated heterocycles. The van der Waals surface area contributed by atoms with Crippen molar-refractivity contribution in [2.45, 2.75) is 26.2 Å². The molecule has 1 radical (unpaired) electrons. The predicted octanol–water partition coefficient (Wildman–Crippen LogP) is 3.53. The van der Waals surface area contributed by atoms with E-state index in [0.717, 1.165) is 37.2 Å². The van der Waals surface area contributed by atoms with Crippen molar-refractivity contribution in [1.82, 2.24) is 0 Å². The van der Waals surface area contributed by atoms with Crippen LogP contribution in [0.2, 0.25) is 0 Å². The zero-order valence-corrected chi connectivity index (χ0v) is 8.75. The first-order valence-corrected chi connectivity index (χ1v) is 5.05. The molecule has 0 heterocycles. The van der Waals surface area contributed by atoms with Gasteiger partial charge in [0.25, 0.3) is 0 Å². The summed E-state index contributed by atoms with van der Waals surface area (Å²) in [6.45, 7) is 6.51. The van der Waals surface area contributed by atoms with Crippen LogP contribution < -0.4 is 4.74 Å². The molecule has 0 N–H and O–H groups in total. The maximum absolute atomic E-state index is 5.63. The molecule has 0 fully saturated rings. The minimum atomic E-state index is 0.790. The molecule has 1 nitrogen and oxygen atoms in total. The van der Waals surface area contributed by atoms with Crippen molar-refractivity contribution < 1.29 is 4.74 Å². The van der Waals surface area contributed by atoms with Gasteiger partial charge in [0, 0.05) is 0 Å². The fourth-order valence-corrected chi connectivity index (χ4v) is 1.23. The number of hydrogen-bond donors (Lipinski definition) is 0. The lowest BCUT2D eigenvalue weighted by Crippen LogP contribution is -1.98. The molecule has 0 unspecified atom stereocenters. The molecule has 0 aliphatic carbocycles. The highest BCUT2D eigenvalue weighted by Gasteiger charge is 1.96. The summed E-state index contributed by atoms with van der Waals surface area (Å²) in [7, 11) is 0. The van der Waals surface area contributed by atoms with Crippen molar-refractivity contribution in [3.63, 3.8) is 0 Å². The first-order chi connectivity index (χ1) is 6.84. The smallest absolute Gasteiger partial charge is 0.122 e. The predicted molar refractivity (Wildman–Crippen MR) is 59.6 cm³/mol. The van der Waals surface area contributed by atoms with Gasteiger partial charge in [-0.25, -0.2) is 0 Å². The van der Waals surface area contributed by atoms with E-state index < -0.39 is 0 Å². The van der Waals surface area contributed by atoms with Gasteiger partial charge in [-0.3, -0.25) is 0 Å². The van der Waals surface area contributed by atoms with Crippen molar-refractivity contribution in [3.8, 4) is 5.75 Å². The number of benzene rings is 1. The molecule has 75 valence electrons. The number of unbranched alkanes of at least 4 members (excludes halogenated alkanes) is 2. The van der Waals surface area contributed by atoms with E-state index in [1.54, 1.807) is 0 Å². The monoisotopic (exact) mass is 189 g/mol. The molecule has 0 atom stereocenters. The van der Waals surface area contributed by atoms with Crippen LogP contribution in [0.3, 0.4) is 0 Å². The van der Waals surface area contributed by atoms with Crippen molar-refractivity contribution in [2.75, 3.05) is 6.61 Å². The molecule has 1 aromatic carbocycles. The van der Waals surface area contributed by atoms with Gasteiger partial charge in [0.2, 0.25) is 0 Å². The molecule has 0 aliphatic rings. The molecule has 0 spiro atoms. The van der Waals surface area contributed by atoms with Gasteiger partial charge in [-0.05, 0) is 49.9 Å². The van der Waals surface area contributed by atoms with Crippen LogP contribution in [0.15, 0.2) is 30.9 Å². The average Bonchev–Trinajstić information content (AvgIpc) is 2.20. The third kappa shape index (κ3) is 3.65. The van der Waals surface area contributed by atoms with Gasteiger partial charge in [-0.15, -0.1) is 6.58 Å². The Morgan fingerprint density at radius 2 is 2.36 bits per heavy atom. The van der Waals surface area contributed by atoms with Crippen molar-refractivity contribution >= 4 is 0 Å². The maximum atomic E-state index is 5.63. The fourth-order valence-electron chi connectivity index (χ4n) is 1.23. The molecular weight excluding hydrogens is 172 g/mol. The Balaban J connectivity index is 2.24. The molecular formula is C13H17O. The summed E-state index contributed by atoms with van der Waals surface area (Å²) in [4.78, 5) is 0. The summed E-state index contributed by atoms with van der Waals surface area (Å²) in [5.74, 6) is 0.974. The van der Waals surface area contributed by atoms with E-state index in [1.807, 2.05) is 31.2 Å². The van der Waals surface area contributed by atoms with E-state index >= 15 is 0 Å². The minimum Gasteiger partial charge on any atom is -0.493 e. The zero-order valence-electron chi connectivity index (χ0n) is 8.75. The third-order valence-corrected chi connectivity index (χ3v) is 2.08. The van der Waals surface area contributed by atoms with E-state index in [9.17, 15) is 0 Å². The Bertz CT molecular complexity index is 278. The van der Waals surface area contributed by atoms with Crippen LogP contribution in [0.4, 0.5) is 0 Å². The Kier molecular flexibility index (Phi) is 4.84. The molecule has 0 amide bonds. The molecule has 0 saturated carbocycles. The second-order valence-electron chi connectivity index (χ2n) is 3.32. The van der Waals surface area contributed by atoms with Crippen molar-refractivity contribution in [2.24, 2.45) is 0 Å². The Hall–Kier alpha value is -1.24. The summed E-state index contributed by atoms with van der Waals surface area (Å²) in [6, 6.07) is 8.80. The summed E-state index contributed by atoms with van der Waals surface area (Å²) < 4.78 is 5.63. The first-order valence-electron chi connectivity index (χ1n) is 5.05. The molecule has 0 bridgehead atoms. The first kappa shape index (κ1) is 10.8. The minimum absolute atomic E-state index is 0.790. The van der Waals surface area contributed by atoms with Crippen LogP contribution >= 0.6 is 0 Å². The molecule has 1 rings (SSSR count). The number of hydrogen-bond acceptors (Lipinski definition) is 1. The quantitative estimate of drug-likeness (QED) is 0.491. The van der Waals surface area contributed by atoms with Gasteiger partial charge in [-0.1, -0.05) is 12.1 Å². The van der Waals surface area contributed by atoms with E-state index in [2.05, 4.69) is 12.6 Å². The van der Waals surface area contributed by atoms with Crippen molar-refractivity contribution in [1.29, 1.82) is 0 Å². The largest absolute Gasteiger partial charge is 0.493 e. The fraction of sp³-hybridized carbons (Fsp3) is 0.385. The average molecular weight is 189 g/mol. The SMILES string of the molecule is C=CCCCCOc1cc[c]cc1C. The van der Waals surface area contributed by atoms with E-state index in [0.29, 0.717) is 0 Å². The standard InChI is InChI=1S/C13H17O/c1-3-4-5-8-11-14-13-10-7-6-9-12(13)2/h3,7,9-10H,1,4-5,8,11H2,2H3. The molecule has 0 aliphatic heterocycles. The highest BCUT2D eigenvalue weighted by molar-refractivity contribution is 5.31. The van der Waals surface area contributed by atoms with E-state index in [-0.39, 0.29) is 0 Å². The van der Waals surface area contributed by atoms with Gasteiger partial charge >= 0.3 is 0 Å². The zero-order chi connectivity index (χ0) is 10.2. The van der Waals surface area contributed by atoms with E-state index in [4.69, 9.17) is 4.74 Å². The Labute approximate surface area is 86.4 Å². The van der Waals surface area contributed by atoms with Gasteiger partial charge in [-0.2, -0.15) is 0 Å². The summed E-state index contributed by atoms with van der Waals surface area (Å²) in [5, 5.41) is 0. The second kappa shape index (κ2) is 6.25. The Morgan fingerprint density at radius 1 is 1.50 bits per heavy atom. The van der Waals surface area contributed by atoms with Crippen LogP contribution in [0.1, 0.15) is 24.8 Å². The topological polar surface area (TPSA) is 9.23 Å². The maximum Gasteiger partial charge on any atom is 0.122 e. The van der Waals surface area contributed by atoms with Gasteiger partial charge in [0.15, 0.2) is 0 Å². The van der Waals surface area contributed by atoms with Gasteiger partial charge < -0.3 is 4.74 Å². The lowest BCUT2D eigenvalue weighted by atomic mass is 10.2. The van der Waals surface area contributed by atoms with Crippen LogP contribution in [-0.4, -0.2) is 6.61 Å². The number of rotatable bonds is 6. The summed E-state index contributed by atoms with van der Waals surface area (Å²) in [5.41, 5.74) is 1.15. The lowest BCUT2D eigenvalue weighted by Gasteiger charge is -2.07. The molecule has 1 aromatic rings. The number of aryl methyl sites for hydroxylation is 1. The van der Waals surface area contributed by atoms with Crippen LogP contribution in [0.25, 0.3) is 0 Å². The van der Waals surface area contributed by atoms with E-state index in [1.165, 1.54) is 0 Å². The Morgan fingerprint density at radius 3 is 3.07 bits per heavy atom. The number of ether oxygens (including phenoxy) is 1. The summed E-state index contributed by atoms with van der Waals surface area (Å²) >= 11 is 0. The molecule has 1 heteroatoms. The van der Waals surface area contributed by atoms with Crippen molar-refractivity contribution in [3.05, 3.63) is 42.5 Å². The van der Waals surface area contributed by atoms with Crippen LogP contribution in [-0.2, 0) is 0 Å². The highest BCUT2D eigenvalue weighted by atomic mass is 16.5. The third-order valence-electron chi connectivity index (χ3n) is 2.08. The van der Waals surface area contributed by atoms with Gasteiger partial charge in [0.05, 0.1) is 6.61 Å². The summed E-state index contributed by atoms with van der Waals surface area (Å²) in [6.07, 6.45) is 5.26. The molecule has 14 heavy (non-hydrogen) atoms.